The minimum atomic E-state index is -0.507. The Morgan fingerprint density at radius 2 is 1.96 bits per heavy atom. The number of para-hydroxylation sites is 2. The molecule has 0 amide bonds. The maximum absolute atomic E-state index is 11.9. The van der Waals surface area contributed by atoms with Crippen molar-refractivity contribution in [1.29, 1.82) is 0 Å². The second kappa shape index (κ2) is 9.78. The number of hydrogen-bond acceptors (Lipinski definition) is 7. The number of carbonyl (C=O) groups is 1. The van der Waals surface area contributed by atoms with Crippen molar-refractivity contribution in [3.05, 3.63) is 59.1 Å². The lowest BCUT2D eigenvalue weighted by molar-refractivity contribution is 0.0557. The standard InChI is InChI=1S/C19H15ClN4O3S/c1-26-17-11-5-4-10-16(17)24-19(21-22-23-24)28-13-7-6-12-27-18(25)14-8-2-3-9-15(14)20/h2-5,8-11H,12-13H2,1H3. The van der Waals surface area contributed by atoms with Crippen LogP contribution in [0.5, 0.6) is 5.75 Å². The highest BCUT2D eigenvalue weighted by atomic mass is 35.5. The molecule has 0 atom stereocenters. The van der Waals surface area contributed by atoms with Crippen molar-refractivity contribution in [2.24, 2.45) is 0 Å². The number of carbonyl (C=O) groups excluding carboxylic acids is 1. The summed E-state index contributed by atoms with van der Waals surface area (Å²) in [6.45, 7) is -0.0257. The SMILES string of the molecule is COc1ccccc1-n1nnnc1SCC#CCOC(=O)c1ccccc1Cl. The van der Waals surface area contributed by atoms with Crippen LogP contribution in [-0.2, 0) is 4.74 Å². The van der Waals surface area contributed by atoms with Crippen LogP contribution >= 0.6 is 23.4 Å². The molecular weight excluding hydrogens is 400 g/mol. The molecule has 1 heterocycles. The van der Waals surface area contributed by atoms with E-state index in [4.69, 9.17) is 21.1 Å². The summed E-state index contributed by atoms with van der Waals surface area (Å²) in [4.78, 5) is 11.9. The summed E-state index contributed by atoms with van der Waals surface area (Å²) in [6, 6.07) is 14.1. The van der Waals surface area contributed by atoms with Gasteiger partial charge in [0, 0.05) is 0 Å². The van der Waals surface area contributed by atoms with Crippen molar-refractivity contribution in [3.8, 4) is 23.3 Å². The fraction of sp³-hybridized carbons (Fsp3) is 0.158. The third-order valence-corrected chi connectivity index (χ3v) is 4.65. The maximum atomic E-state index is 11.9. The first-order chi connectivity index (χ1) is 13.7. The number of hydrogen-bond donors (Lipinski definition) is 0. The van der Waals surface area contributed by atoms with Gasteiger partial charge in [0.05, 0.1) is 23.4 Å². The summed E-state index contributed by atoms with van der Waals surface area (Å²) in [5.41, 5.74) is 1.05. The number of rotatable bonds is 6. The van der Waals surface area contributed by atoms with Crippen LogP contribution in [0.25, 0.3) is 5.69 Å². The predicted octanol–water partition coefficient (Wildman–Crippen LogP) is 3.28. The smallest absolute Gasteiger partial charge is 0.340 e. The second-order valence-electron chi connectivity index (χ2n) is 5.24. The van der Waals surface area contributed by atoms with Crippen molar-refractivity contribution in [2.45, 2.75) is 5.16 Å². The number of benzene rings is 2. The lowest BCUT2D eigenvalue weighted by Gasteiger charge is -2.08. The van der Waals surface area contributed by atoms with Crippen molar-refractivity contribution in [2.75, 3.05) is 19.5 Å². The Bertz CT molecular complexity index is 1030. The Morgan fingerprint density at radius 3 is 2.79 bits per heavy atom. The van der Waals surface area contributed by atoms with E-state index in [-0.39, 0.29) is 6.61 Å². The van der Waals surface area contributed by atoms with Gasteiger partial charge in [-0.1, -0.05) is 59.5 Å². The van der Waals surface area contributed by atoms with Gasteiger partial charge in [0.15, 0.2) is 6.61 Å². The molecular formula is C19H15ClN4O3S. The minimum Gasteiger partial charge on any atom is -0.494 e. The quantitative estimate of drug-likeness (QED) is 0.348. The van der Waals surface area contributed by atoms with Crippen LogP contribution in [-0.4, -0.2) is 45.6 Å². The van der Waals surface area contributed by atoms with Crippen molar-refractivity contribution < 1.29 is 14.3 Å². The van der Waals surface area contributed by atoms with E-state index >= 15 is 0 Å². The van der Waals surface area contributed by atoms with E-state index in [1.165, 1.54) is 11.8 Å². The molecule has 7 nitrogen and oxygen atoms in total. The van der Waals surface area contributed by atoms with E-state index in [1.54, 1.807) is 36.1 Å². The molecule has 0 saturated carbocycles. The van der Waals surface area contributed by atoms with Crippen LogP contribution in [0.2, 0.25) is 5.02 Å². The molecule has 3 aromatic rings. The summed E-state index contributed by atoms with van der Waals surface area (Å²) < 4.78 is 12.0. The van der Waals surface area contributed by atoms with Gasteiger partial charge >= 0.3 is 5.97 Å². The Balaban J connectivity index is 1.54. The van der Waals surface area contributed by atoms with Crippen molar-refractivity contribution in [3.63, 3.8) is 0 Å². The van der Waals surface area contributed by atoms with E-state index in [2.05, 4.69) is 27.4 Å². The van der Waals surface area contributed by atoms with Gasteiger partial charge in [0.25, 0.3) is 0 Å². The lowest BCUT2D eigenvalue weighted by Crippen LogP contribution is -2.05. The number of aromatic nitrogens is 4. The molecule has 0 unspecified atom stereocenters. The first-order valence-electron chi connectivity index (χ1n) is 8.12. The zero-order valence-electron chi connectivity index (χ0n) is 14.8. The number of tetrazole rings is 1. The van der Waals surface area contributed by atoms with Crippen LogP contribution in [0.4, 0.5) is 0 Å². The number of nitrogens with zero attached hydrogens (tertiary/aromatic N) is 4. The number of thioether (sulfide) groups is 1. The molecule has 0 aliphatic rings. The first-order valence-corrected chi connectivity index (χ1v) is 9.49. The molecule has 142 valence electrons. The van der Waals surface area contributed by atoms with Crippen LogP contribution in [0.1, 0.15) is 10.4 Å². The molecule has 28 heavy (non-hydrogen) atoms. The molecule has 0 aliphatic heterocycles. The Hall–Kier alpha value is -3.02. The van der Waals surface area contributed by atoms with E-state index in [0.717, 1.165) is 5.69 Å². The Morgan fingerprint density at radius 1 is 1.18 bits per heavy atom. The van der Waals surface area contributed by atoms with E-state index in [0.29, 0.717) is 27.2 Å². The second-order valence-corrected chi connectivity index (χ2v) is 6.59. The Kier molecular flexibility index (Phi) is 6.89. The average Bonchev–Trinajstić information content (AvgIpc) is 3.19. The molecule has 0 bridgehead atoms. The van der Waals surface area contributed by atoms with Crippen molar-refractivity contribution >= 4 is 29.3 Å². The average molecular weight is 415 g/mol. The van der Waals surface area contributed by atoms with E-state index in [1.807, 2.05) is 24.3 Å². The number of ether oxygens (including phenoxy) is 2. The van der Waals surface area contributed by atoms with Gasteiger partial charge in [-0.15, -0.1) is 5.10 Å². The van der Waals surface area contributed by atoms with Crippen LogP contribution in [0, 0.1) is 11.8 Å². The summed E-state index contributed by atoms with van der Waals surface area (Å²) in [7, 11) is 1.59. The minimum absolute atomic E-state index is 0.0257. The van der Waals surface area contributed by atoms with Gasteiger partial charge in [-0.25, -0.2) is 4.79 Å². The number of methoxy groups -OCH3 is 1. The topological polar surface area (TPSA) is 79.1 Å². The molecule has 0 N–H and O–H groups in total. The zero-order chi connectivity index (χ0) is 19.8. The van der Waals surface area contributed by atoms with E-state index in [9.17, 15) is 4.79 Å². The zero-order valence-corrected chi connectivity index (χ0v) is 16.4. The highest BCUT2D eigenvalue weighted by molar-refractivity contribution is 7.99. The molecule has 3 rings (SSSR count). The fourth-order valence-corrected chi connectivity index (χ4v) is 3.10. The van der Waals surface area contributed by atoms with Crippen LogP contribution < -0.4 is 4.74 Å². The van der Waals surface area contributed by atoms with Gasteiger partial charge < -0.3 is 9.47 Å². The summed E-state index contributed by atoms with van der Waals surface area (Å²) in [5.74, 6) is 6.29. The van der Waals surface area contributed by atoms with E-state index < -0.39 is 5.97 Å². The Labute approximate surface area is 171 Å². The van der Waals surface area contributed by atoms with Crippen LogP contribution in [0.3, 0.4) is 0 Å². The third kappa shape index (κ3) is 4.82. The van der Waals surface area contributed by atoms with Gasteiger partial charge in [-0.05, 0) is 34.7 Å². The molecule has 0 spiro atoms. The molecule has 0 aliphatic carbocycles. The molecule has 9 heteroatoms. The molecule has 2 aromatic carbocycles. The number of halogens is 1. The number of esters is 1. The first kappa shape index (κ1) is 19.7. The molecule has 0 radical (unpaired) electrons. The largest absolute Gasteiger partial charge is 0.494 e. The third-order valence-electron chi connectivity index (χ3n) is 3.52. The summed E-state index contributed by atoms with van der Waals surface area (Å²) in [5, 5.41) is 12.6. The highest BCUT2D eigenvalue weighted by Gasteiger charge is 2.12. The lowest BCUT2D eigenvalue weighted by atomic mass is 10.2. The summed E-state index contributed by atoms with van der Waals surface area (Å²) >= 11 is 7.32. The monoisotopic (exact) mass is 414 g/mol. The predicted molar refractivity (Wildman–Crippen MR) is 106 cm³/mol. The van der Waals surface area contributed by atoms with Gasteiger partial charge in [-0.3, -0.25) is 0 Å². The van der Waals surface area contributed by atoms with Gasteiger partial charge in [0.2, 0.25) is 5.16 Å². The van der Waals surface area contributed by atoms with Gasteiger partial charge in [0.1, 0.15) is 11.4 Å². The molecule has 0 fully saturated rings. The molecule has 1 aromatic heterocycles. The maximum Gasteiger partial charge on any atom is 0.340 e. The fourth-order valence-electron chi connectivity index (χ4n) is 2.23. The molecule has 0 saturated heterocycles. The normalized spacial score (nSPS) is 10.1. The summed E-state index contributed by atoms with van der Waals surface area (Å²) in [6.07, 6.45) is 0. The van der Waals surface area contributed by atoms with Crippen LogP contribution in [0.15, 0.2) is 53.7 Å². The van der Waals surface area contributed by atoms with Crippen molar-refractivity contribution in [1.82, 2.24) is 20.2 Å². The van der Waals surface area contributed by atoms with Gasteiger partial charge in [-0.2, -0.15) is 4.68 Å². The highest BCUT2D eigenvalue weighted by Crippen LogP contribution is 2.25.